The van der Waals surface area contributed by atoms with E-state index in [2.05, 4.69) is 4.98 Å². The second-order valence-corrected chi connectivity index (χ2v) is 5.26. The van der Waals surface area contributed by atoms with E-state index in [4.69, 9.17) is 10.5 Å². The molecule has 1 aromatic carbocycles. The molecule has 1 unspecified atom stereocenters. The summed E-state index contributed by atoms with van der Waals surface area (Å²) in [5, 5.41) is 3.10. The molecule has 2 aromatic rings. The minimum Gasteiger partial charge on any atom is -0.493 e. The number of aromatic nitrogens is 1. The molecule has 0 saturated carbocycles. The van der Waals surface area contributed by atoms with Crippen LogP contribution in [-0.4, -0.2) is 11.6 Å². The third-order valence-corrected chi connectivity index (χ3v) is 3.63. The van der Waals surface area contributed by atoms with Crippen LogP contribution in [0.4, 0.5) is 0 Å². The average molecular weight is 262 g/mol. The van der Waals surface area contributed by atoms with Crippen molar-refractivity contribution >= 4 is 11.3 Å². The molecule has 0 aliphatic rings. The van der Waals surface area contributed by atoms with Crippen molar-refractivity contribution in [3.8, 4) is 5.75 Å². The maximum absolute atomic E-state index is 5.78. The number of hydrogen-bond acceptors (Lipinski definition) is 4. The maximum atomic E-state index is 5.78. The molecule has 0 aliphatic carbocycles. The summed E-state index contributed by atoms with van der Waals surface area (Å²) >= 11 is 1.65. The van der Waals surface area contributed by atoms with E-state index in [1.165, 1.54) is 0 Å². The molecule has 0 spiro atoms. The molecule has 0 aliphatic heterocycles. The largest absolute Gasteiger partial charge is 0.493 e. The molecule has 0 fully saturated rings. The molecule has 4 heteroatoms. The van der Waals surface area contributed by atoms with Crippen LogP contribution >= 0.6 is 11.3 Å². The molecule has 18 heavy (non-hydrogen) atoms. The van der Waals surface area contributed by atoms with Gasteiger partial charge in [0.15, 0.2) is 0 Å². The van der Waals surface area contributed by atoms with Gasteiger partial charge in [0.2, 0.25) is 0 Å². The number of hydrogen-bond donors (Lipinski definition) is 1. The molecule has 1 aromatic heterocycles. The first-order valence-electron chi connectivity index (χ1n) is 6.05. The van der Waals surface area contributed by atoms with E-state index < -0.39 is 0 Å². The summed E-state index contributed by atoms with van der Waals surface area (Å²) in [6.07, 6.45) is 0.825. The fraction of sp³-hybridized carbons (Fsp3) is 0.357. The quantitative estimate of drug-likeness (QED) is 0.900. The topological polar surface area (TPSA) is 48.1 Å². The Morgan fingerprint density at radius 3 is 2.83 bits per heavy atom. The van der Waals surface area contributed by atoms with Gasteiger partial charge in [-0.3, -0.25) is 0 Å². The van der Waals surface area contributed by atoms with E-state index in [9.17, 15) is 0 Å². The molecule has 1 heterocycles. The molecule has 3 nitrogen and oxygen atoms in total. The molecule has 0 amide bonds. The normalized spacial score (nSPS) is 12.4. The fourth-order valence-electron chi connectivity index (χ4n) is 1.62. The molecule has 96 valence electrons. The summed E-state index contributed by atoms with van der Waals surface area (Å²) in [4.78, 5) is 4.48. The van der Waals surface area contributed by atoms with Crippen LogP contribution in [0.25, 0.3) is 0 Å². The first-order valence-corrected chi connectivity index (χ1v) is 6.93. The summed E-state index contributed by atoms with van der Waals surface area (Å²) in [6, 6.07) is 8.04. The van der Waals surface area contributed by atoms with Gasteiger partial charge in [0.05, 0.1) is 17.3 Å². The zero-order chi connectivity index (χ0) is 13.0. The van der Waals surface area contributed by atoms with Crippen LogP contribution in [0.2, 0.25) is 0 Å². The van der Waals surface area contributed by atoms with E-state index in [-0.39, 0.29) is 6.04 Å². The average Bonchev–Trinajstić information content (AvgIpc) is 2.80. The van der Waals surface area contributed by atoms with Gasteiger partial charge in [-0.15, -0.1) is 11.3 Å². The van der Waals surface area contributed by atoms with Gasteiger partial charge in [0.1, 0.15) is 5.75 Å². The summed E-state index contributed by atoms with van der Waals surface area (Å²) in [6.45, 7) is 4.65. The van der Waals surface area contributed by atoms with E-state index in [1.54, 1.807) is 11.3 Å². The van der Waals surface area contributed by atoms with Crippen molar-refractivity contribution in [3.05, 3.63) is 45.9 Å². The number of nitrogens with zero attached hydrogens (tertiary/aromatic N) is 1. The third-order valence-electron chi connectivity index (χ3n) is 2.70. The van der Waals surface area contributed by atoms with Gasteiger partial charge >= 0.3 is 0 Å². The van der Waals surface area contributed by atoms with Gasteiger partial charge in [0, 0.05) is 17.8 Å². The van der Waals surface area contributed by atoms with Crippen molar-refractivity contribution in [1.29, 1.82) is 0 Å². The van der Waals surface area contributed by atoms with Crippen LogP contribution in [0, 0.1) is 6.92 Å². The molecule has 0 bridgehead atoms. The number of benzene rings is 1. The zero-order valence-corrected chi connectivity index (χ0v) is 11.5. The van der Waals surface area contributed by atoms with Crippen LogP contribution in [0.15, 0.2) is 29.6 Å². The van der Waals surface area contributed by atoms with E-state index in [0.717, 1.165) is 28.4 Å². The highest BCUT2D eigenvalue weighted by atomic mass is 32.1. The third kappa shape index (κ3) is 3.31. The van der Waals surface area contributed by atoms with Crippen molar-refractivity contribution < 1.29 is 4.74 Å². The first-order chi connectivity index (χ1) is 8.66. The van der Waals surface area contributed by atoms with Crippen LogP contribution < -0.4 is 10.5 Å². The maximum Gasteiger partial charge on any atom is 0.122 e. The Balaban J connectivity index is 1.87. The number of aryl methyl sites for hydroxylation is 1. The number of rotatable bonds is 5. The second-order valence-electron chi connectivity index (χ2n) is 4.32. The highest BCUT2D eigenvalue weighted by Gasteiger charge is 2.06. The highest BCUT2D eigenvalue weighted by Crippen LogP contribution is 2.18. The van der Waals surface area contributed by atoms with Crippen molar-refractivity contribution in [2.24, 2.45) is 5.73 Å². The minimum absolute atomic E-state index is 0.00675. The lowest BCUT2D eigenvalue weighted by Crippen LogP contribution is -2.06. The number of para-hydroxylation sites is 1. The molecule has 2 rings (SSSR count). The van der Waals surface area contributed by atoms with E-state index in [0.29, 0.717) is 6.61 Å². The van der Waals surface area contributed by atoms with Gasteiger partial charge in [-0.1, -0.05) is 18.2 Å². The molecule has 0 radical (unpaired) electrons. The van der Waals surface area contributed by atoms with Crippen LogP contribution in [0.1, 0.15) is 29.2 Å². The SMILES string of the molecule is Cc1ccccc1OCCc1nc(C(C)N)cs1. The van der Waals surface area contributed by atoms with Gasteiger partial charge in [0.25, 0.3) is 0 Å². The highest BCUT2D eigenvalue weighted by molar-refractivity contribution is 7.09. The van der Waals surface area contributed by atoms with Crippen LogP contribution in [-0.2, 0) is 6.42 Å². The molecular formula is C14H18N2OS. The molecule has 0 saturated heterocycles. The Morgan fingerprint density at radius 1 is 1.39 bits per heavy atom. The van der Waals surface area contributed by atoms with Gasteiger partial charge < -0.3 is 10.5 Å². The van der Waals surface area contributed by atoms with E-state index >= 15 is 0 Å². The first kappa shape index (κ1) is 13.1. The summed E-state index contributed by atoms with van der Waals surface area (Å²) in [5.74, 6) is 0.946. The van der Waals surface area contributed by atoms with E-state index in [1.807, 2.05) is 43.5 Å². The lowest BCUT2D eigenvalue weighted by atomic mass is 10.2. The summed E-state index contributed by atoms with van der Waals surface area (Å²) in [7, 11) is 0. The predicted octanol–water partition coefficient (Wildman–Crippen LogP) is 3.09. The number of thiazole rings is 1. The van der Waals surface area contributed by atoms with Crippen molar-refractivity contribution in [1.82, 2.24) is 4.98 Å². The zero-order valence-electron chi connectivity index (χ0n) is 10.7. The van der Waals surface area contributed by atoms with Crippen molar-refractivity contribution in [2.75, 3.05) is 6.61 Å². The van der Waals surface area contributed by atoms with Crippen LogP contribution in [0.3, 0.4) is 0 Å². The second kappa shape index (κ2) is 5.98. The van der Waals surface area contributed by atoms with Gasteiger partial charge in [-0.05, 0) is 25.5 Å². The lowest BCUT2D eigenvalue weighted by molar-refractivity contribution is 0.319. The standard InChI is InChI=1S/C14H18N2OS/c1-10-5-3-4-6-13(10)17-8-7-14-16-12(9-18-14)11(2)15/h3-6,9,11H,7-8,15H2,1-2H3. The number of ether oxygens (including phenoxy) is 1. The number of nitrogens with two attached hydrogens (primary N) is 1. The molecule has 1 atom stereocenters. The Kier molecular flexibility index (Phi) is 4.33. The Morgan fingerprint density at radius 2 is 2.17 bits per heavy atom. The Labute approximate surface area is 112 Å². The summed E-state index contributed by atoms with van der Waals surface area (Å²) in [5.41, 5.74) is 7.90. The monoisotopic (exact) mass is 262 g/mol. The summed E-state index contributed by atoms with van der Waals surface area (Å²) < 4.78 is 5.75. The van der Waals surface area contributed by atoms with Crippen LogP contribution in [0.5, 0.6) is 5.75 Å². The Bertz CT molecular complexity index is 508. The predicted molar refractivity (Wildman–Crippen MR) is 75.1 cm³/mol. The lowest BCUT2D eigenvalue weighted by Gasteiger charge is -2.07. The van der Waals surface area contributed by atoms with Crippen molar-refractivity contribution in [2.45, 2.75) is 26.3 Å². The Hall–Kier alpha value is -1.39. The van der Waals surface area contributed by atoms with Crippen molar-refractivity contribution in [3.63, 3.8) is 0 Å². The smallest absolute Gasteiger partial charge is 0.122 e. The minimum atomic E-state index is 0.00675. The molecular weight excluding hydrogens is 244 g/mol. The molecule has 2 N–H and O–H groups in total. The fourth-order valence-corrected chi connectivity index (χ4v) is 2.50. The van der Waals surface area contributed by atoms with Gasteiger partial charge in [-0.2, -0.15) is 0 Å². The van der Waals surface area contributed by atoms with Gasteiger partial charge in [-0.25, -0.2) is 4.98 Å².